The summed E-state index contributed by atoms with van der Waals surface area (Å²) in [6.45, 7) is 4.68. The summed E-state index contributed by atoms with van der Waals surface area (Å²) in [4.78, 5) is 27.5. The summed E-state index contributed by atoms with van der Waals surface area (Å²) in [5, 5.41) is 6.41. The molecule has 7 nitrogen and oxygen atoms in total. The number of aryl methyl sites for hydroxylation is 1. The number of benzene rings is 3. The summed E-state index contributed by atoms with van der Waals surface area (Å²) in [6, 6.07) is 23.5. The van der Waals surface area contributed by atoms with E-state index >= 15 is 0 Å². The molecule has 0 atom stereocenters. The highest BCUT2D eigenvalue weighted by molar-refractivity contribution is 6.42. The van der Waals surface area contributed by atoms with E-state index in [1.807, 2.05) is 46.1 Å². The normalized spacial score (nSPS) is 14.0. The molecule has 0 radical (unpaired) electrons. The lowest BCUT2D eigenvalue weighted by atomic mass is 10.1. The third-order valence-electron chi connectivity index (χ3n) is 7.19. The summed E-state index contributed by atoms with van der Waals surface area (Å²) in [5.41, 5.74) is 4.62. The molecule has 2 aromatic heterocycles. The second-order valence-corrected chi connectivity index (χ2v) is 10.8. The topological polar surface area (TPSA) is 67.2 Å². The van der Waals surface area contributed by atoms with E-state index in [4.69, 9.17) is 38.3 Å². The lowest BCUT2D eigenvalue weighted by Crippen LogP contribution is -2.35. The van der Waals surface area contributed by atoms with Crippen molar-refractivity contribution in [1.29, 1.82) is 0 Å². The zero-order valence-corrected chi connectivity index (χ0v) is 23.6. The molecular formula is C31H28Cl2N6O. The number of fused-ring (bicyclic) bond motifs is 1. The molecule has 0 bridgehead atoms. The van der Waals surface area contributed by atoms with Gasteiger partial charge in [0.05, 0.1) is 27.3 Å². The second-order valence-electron chi connectivity index (χ2n) is 10.0. The molecule has 0 unspecified atom stereocenters. The van der Waals surface area contributed by atoms with Crippen LogP contribution in [0.15, 0.2) is 79.0 Å². The van der Waals surface area contributed by atoms with Gasteiger partial charge in [0, 0.05) is 38.2 Å². The molecule has 1 aliphatic heterocycles. The first-order chi connectivity index (χ1) is 19.5. The van der Waals surface area contributed by atoms with Crippen LogP contribution in [0.5, 0.6) is 0 Å². The van der Waals surface area contributed by atoms with Gasteiger partial charge >= 0.3 is 0 Å². The van der Waals surface area contributed by atoms with Crippen molar-refractivity contribution < 1.29 is 4.79 Å². The van der Waals surface area contributed by atoms with Crippen LogP contribution >= 0.6 is 23.2 Å². The van der Waals surface area contributed by atoms with Gasteiger partial charge in [-0.05, 0) is 49.2 Å². The maximum atomic E-state index is 13.3. The van der Waals surface area contributed by atoms with Crippen molar-refractivity contribution in [2.24, 2.45) is 0 Å². The number of nitrogens with zero attached hydrogens (tertiary/aromatic N) is 6. The number of anilines is 1. The molecule has 0 N–H and O–H groups in total. The third-order valence-corrected chi connectivity index (χ3v) is 7.93. The first-order valence-corrected chi connectivity index (χ1v) is 14.1. The van der Waals surface area contributed by atoms with Gasteiger partial charge in [0.2, 0.25) is 0 Å². The first kappa shape index (κ1) is 26.3. The number of carbonyl (C=O) groups is 1. The number of rotatable bonds is 5. The summed E-state index contributed by atoms with van der Waals surface area (Å²) in [7, 11) is 0. The van der Waals surface area contributed by atoms with Gasteiger partial charge < -0.3 is 9.80 Å². The Morgan fingerprint density at radius 1 is 0.875 bits per heavy atom. The Morgan fingerprint density at radius 2 is 1.68 bits per heavy atom. The molecule has 1 aliphatic rings. The van der Waals surface area contributed by atoms with Gasteiger partial charge in [-0.15, -0.1) is 0 Å². The van der Waals surface area contributed by atoms with Crippen LogP contribution in [0.2, 0.25) is 10.0 Å². The van der Waals surface area contributed by atoms with E-state index in [1.165, 1.54) is 5.56 Å². The molecule has 0 aliphatic carbocycles. The Kier molecular flexibility index (Phi) is 7.41. The van der Waals surface area contributed by atoms with Crippen molar-refractivity contribution >= 4 is 46.0 Å². The number of aromatic nitrogens is 4. The van der Waals surface area contributed by atoms with Crippen LogP contribution in [-0.2, 0) is 6.42 Å². The van der Waals surface area contributed by atoms with Crippen LogP contribution in [0, 0.1) is 6.92 Å². The number of halogens is 2. The second kappa shape index (κ2) is 11.3. The van der Waals surface area contributed by atoms with Gasteiger partial charge in [0.1, 0.15) is 11.6 Å². The molecule has 6 rings (SSSR count). The smallest absolute Gasteiger partial charge is 0.253 e. The molecule has 0 spiro atoms. The molecule has 1 amide bonds. The van der Waals surface area contributed by atoms with Crippen LogP contribution in [0.3, 0.4) is 0 Å². The summed E-state index contributed by atoms with van der Waals surface area (Å²) < 4.78 is 1.87. The summed E-state index contributed by atoms with van der Waals surface area (Å²) in [5.74, 6) is 1.53. The number of hydrogen-bond acceptors (Lipinski definition) is 5. The predicted octanol–water partition coefficient (Wildman–Crippen LogP) is 6.37. The van der Waals surface area contributed by atoms with Crippen molar-refractivity contribution in [2.45, 2.75) is 19.8 Å². The average molecular weight is 572 g/mol. The highest BCUT2D eigenvalue weighted by Gasteiger charge is 2.24. The minimum Gasteiger partial charge on any atom is -0.354 e. The maximum absolute atomic E-state index is 13.3. The molecular weight excluding hydrogens is 543 g/mol. The molecule has 9 heteroatoms. The zero-order chi connectivity index (χ0) is 27.6. The number of amides is 1. The Hall–Kier alpha value is -3.94. The molecule has 1 fully saturated rings. The van der Waals surface area contributed by atoms with Crippen LogP contribution < -0.4 is 4.90 Å². The fourth-order valence-corrected chi connectivity index (χ4v) is 5.35. The average Bonchev–Trinajstić information content (AvgIpc) is 3.24. The Labute approximate surface area is 243 Å². The van der Waals surface area contributed by atoms with Crippen molar-refractivity contribution in [3.05, 3.63) is 112 Å². The monoisotopic (exact) mass is 570 g/mol. The molecule has 40 heavy (non-hydrogen) atoms. The fourth-order valence-electron chi connectivity index (χ4n) is 5.05. The van der Waals surface area contributed by atoms with E-state index in [0.29, 0.717) is 41.7 Å². The lowest BCUT2D eigenvalue weighted by Gasteiger charge is -2.24. The highest BCUT2D eigenvalue weighted by atomic mass is 35.5. The van der Waals surface area contributed by atoms with Crippen LogP contribution in [0.25, 0.3) is 16.7 Å². The van der Waals surface area contributed by atoms with Gasteiger partial charge in [-0.25, -0.2) is 14.6 Å². The van der Waals surface area contributed by atoms with Crippen molar-refractivity contribution in [1.82, 2.24) is 24.6 Å². The van der Waals surface area contributed by atoms with E-state index < -0.39 is 0 Å². The van der Waals surface area contributed by atoms with E-state index in [9.17, 15) is 4.79 Å². The van der Waals surface area contributed by atoms with Crippen molar-refractivity contribution in [3.63, 3.8) is 0 Å². The minimum absolute atomic E-state index is 0.0507. The van der Waals surface area contributed by atoms with Crippen LogP contribution in [0.1, 0.15) is 33.7 Å². The number of para-hydroxylation sites is 1. The molecule has 5 aromatic rings. The van der Waals surface area contributed by atoms with Crippen molar-refractivity contribution in [3.8, 4) is 5.69 Å². The fraction of sp³-hybridized carbons (Fsp3) is 0.226. The van der Waals surface area contributed by atoms with Crippen LogP contribution in [0.4, 0.5) is 5.82 Å². The molecule has 202 valence electrons. The maximum Gasteiger partial charge on any atom is 0.253 e. The molecule has 0 saturated carbocycles. The van der Waals surface area contributed by atoms with E-state index in [1.54, 1.807) is 18.2 Å². The van der Waals surface area contributed by atoms with E-state index in [-0.39, 0.29) is 5.91 Å². The number of hydrogen-bond donors (Lipinski definition) is 0. The highest BCUT2D eigenvalue weighted by Crippen LogP contribution is 2.28. The molecule has 1 saturated heterocycles. The molecule has 3 aromatic carbocycles. The standard InChI is InChI=1S/C31H28Cl2N6O/c1-21-8-10-22(11-9-21)18-28-35-29(25-20-34-39(30(25)36-28)24-6-3-2-4-7-24)37-14-5-15-38(17-16-37)31(40)23-12-13-26(32)27(33)19-23/h2-4,6-13,19-20H,5,14-18H2,1H3. The third kappa shape index (κ3) is 5.40. The van der Waals surface area contributed by atoms with Crippen molar-refractivity contribution in [2.75, 3.05) is 31.1 Å². The lowest BCUT2D eigenvalue weighted by molar-refractivity contribution is 0.0767. The van der Waals surface area contributed by atoms with Gasteiger partial charge in [0.15, 0.2) is 5.65 Å². The largest absolute Gasteiger partial charge is 0.354 e. The Bertz CT molecular complexity index is 1670. The van der Waals surface area contributed by atoms with Gasteiger partial charge in [-0.3, -0.25) is 4.79 Å². The summed E-state index contributed by atoms with van der Waals surface area (Å²) in [6.07, 6.45) is 3.26. The van der Waals surface area contributed by atoms with E-state index in [0.717, 1.165) is 46.9 Å². The first-order valence-electron chi connectivity index (χ1n) is 13.3. The Balaban J connectivity index is 1.33. The predicted molar refractivity (Wildman–Crippen MR) is 160 cm³/mol. The zero-order valence-electron chi connectivity index (χ0n) is 22.1. The Morgan fingerprint density at radius 3 is 2.45 bits per heavy atom. The van der Waals surface area contributed by atoms with Gasteiger partial charge in [-0.2, -0.15) is 5.10 Å². The minimum atomic E-state index is -0.0507. The van der Waals surface area contributed by atoms with E-state index in [2.05, 4.69) is 36.1 Å². The van der Waals surface area contributed by atoms with Gasteiger partial charge in [0.25, 0.3) is 5.91 Å². The number of carbonyl (C=O) groups excluding carboxylic acids is 1. The molecule has 3 heterocycles. The quantitative estimate of drug-likeness (QED) is 0.245. The van der Waals surface area contributed by atoms with Crippen LogP contribution in [-0.4, -0.2) is 56.7 Å². The SMILES string of the molecule is Cc1ccc(Cc2nc(N3CCCN(C(=O)c4ccc(Cl)c(Cl)c4)CC3)c3cnn(-c4ccccc4)c3n2)cc1. The summed E-state index contributed by atoms with van der Waals surface area (Å²) >= 11 is 12.2. The van der Waals surface area contributed by atoms with Gasteiger partial charge in [-0.1, -0.05) is 71.2 Å².